The number of hydrogen-bond donors (Lipinski definition) is 1. The van der Waals surface area contributed by atoms with E-state index in [9.17, 15) is 0 Å². The van der Waals surface area contributed by atoms with E-state index in [1.54, 1.807) is 25.6 Å². The molecule has 0 aliphatic heterocycles. The van der Waals surface area contributed by atoms with Gasteiger partial charge in [-0.05, 0) is 33.6 Å². The van der Waals surface area contributed by atoms with Gasteiger partial charge in [0, 0.05) is 11.9 Å². The summed E-state index contributed by atoms with van der Waals surface area (Å²) in [4.78, 5) is 4.27. The van der Waals surface area contributed by atoms with Gasteiger partial charge in [-0.25, -0.2) is 4.98 Å². The zero-order chi connectivity index (χ0) is 13.0. The Kier molecular flexibility index (Phi) is 4.43. The number of hydrogen-bond acceptors (Lipinski definition) is 5. The van der Waals surface area contributed by atoms with Crippen molar-refractivity contribution in [2.24, 2.45) is 0 Å². The molecule has 0 saturated heterocycles. The number of ether oxygens (including phenoxy) is 2. The minimum Gasteiger partial charge on any atom is -0.493 e. The van der Waals surface area contributed by atoms with Crippen molar-refractivity contribution in [1.29, 1.82) is 0 Å². The number of halogens is 1. The van der Waals surface area contributed by atoms with Gasteiger partial charge in [0.1, 0.15) is 4.60 Å². The molecule has 0 aliphatic carbocycles. The molecule has 2 rings (SSSR count). The van der Waals surface area contributed by atoms with Crippen molar-refractivity contribution in [2.45, 2.75) is 6.54 Å². The molecule has 0 fully saturated rings. The molecule has 0 radical (unpaired) electrons. The summed E-state index contributed by atoms with van der Waals surface area (Å²) in [6.45, 7) is 0.695. The Morgan fingerprint density at radius 1 is 1.28 bits per heavy atom. The summed E-state index contributed by atoms with van der Waals surface area (Å²) in [6.07, 6.45) is 0. The first-order valence-electron chi connectivity index (χ1n) is 5.28. The predicted molar refractivity (Wildman–Crippen MR) is 76.7 cm³/mol. The van der Waals surface area contributed by atoms with Crippen LogP contribution < -0.4 is 14.8 Å². The third kappa shape index (κ3) is 3.14. The molecular weight excluding hydrogens is 316 g/mol. The second kappa shape index (κ2) is 6.06. The van der Waals surface area contributed by atoms with E-state index in [1.807, 2.05) is 23.6 Å². The fourth-order valence-corrected chi connectivity index (χ4v) is 2.65. The van der Waals surface area contributed by atoms with E-state index in [4.69, 9.17) is 9.47 Å². The van der Waals surface area contributed by atoms with Crippen LogP contribution in [-0.4, -0.2) is 19.2 Å². The van der Waals surface area contributed by atoms with Crippen LogP contribution in [0.1, 0.15) is 5.56 Å². The number of rotatable bonds is 5. The van der Waals surface area contributed by atoms with Crippen LogP contribution in [0.2, 0.25) is 0 Å². The van der Waals surface area contributed by atoms with Gasteiger partial charge >= 0.3 is 0 Å². The smallest absolute Gasteiger partial charge is 0.184 e. The lowest BCUT2D eigenvalue weighted by Crippen LogP contribution is -2.00. The van der Waals surface area contributed by atoms with Gasteiger partial charge in [0.2, 0.25) is 0 Å². The average Bonchev–Trinajstić information content (AvgIpc) is 2.81. The minimum atomic E-state index is 0.695. The highest BCUT2D eigenvalue weighted by Crippen LogP contribution is 2.28. The van der Waals surface area contributed by atoms with Crippen molar-refractivity contribution in [1.82, 2.24) is 4.98 Å². The molecular formula is C12H13BrN2O2S. The molecule has 0 atom stereocenters. The molecule has 18 heavy (non-hydrogen) atoms. The number of nitrogens with zero attached hydrogens (tertiary/aromatic N) is 1. The first kappa shape index (κ1) is 13.2. The third-order valence-electron chi connectivity index (χ3n) is 2.37. The normalized spacial score (nSPS) is 10.2. The van der Waals surface area contributed by atoms with Gasteiger partial charge in [0.25, 0.3) is 0 Å². The molecule has 0 bridgehead atoms. The maximum Gasteiger partial charge on any atom is 0.184 e. The Bertz CT molecular complexity index is 531. The van der Waals surface area contributed by atoms with Gasteiger partial charge in [-0.1, -0.05) is 6.07 Å². The first-order chi connectivity index (χ1) is 8.72. The Balaban J connectivity index is 2.05. The van der Waals surface area contributed by atoms with E-state index < -0.39 is 0 Å². The highest BCUT2D eigenvalue weighted by Gasteiger charge is 2.05. The SMILES string of the molecule is COc1ccc(CNc2nc(Br)cs2)cc1OC. The lowest BCUT2D eigenvalue weighted by Gasteiger charge is -2.09. The maximum absolute atomic E-state index is 5.26. The molecule has 0 spiro atoms. The minimum absolute atomic E-state index is 0.695. The van der Waals surface area contributed by atoms with Crippen molar-refractivity contribution in [2.75, 3.05) is 19.5 Å². The molecule has 0 amide bonds. The summed E-state index contributed by atoms with van der Waals surface area (Å²) in [5.74, 6) is 1.47. The molecule has 4 nitrogen and oxygen atoms in total. The standard InChI is InChI=1S/C12H13BrN2O2S/c1-16-9-4-3-8(5-10(9)17-2)6-14-12-15-11(13)7-18-12/h3-5,7H,6H2,1-2H3,(H,14,15). The zero-order valence-electron chi connectivity index (χ0n) is 10.1. The number of thiazole rings is 1. The Labute approximate surface area is 118 Å². The summed E-state index contributed by atoms with van der Waals surface area (Å²) >= 11 is 4.88. The highest BCUT2D eigenvalue weighted by molar-refractivity contribution is 9.10. The van der Waals surface area contributed by atoms with Crippen molar-refractivity contribution in [3.63, 3.8) is 0 Å². The van der Waals surface area contributed by atoms with Crippen LogP contribution in [0.5, 0.6) is 11.5 Å². The van der Waals surface area contributed by atoms with Crippen LogP contribution in [0.15, 0.2) is 28.2 Å². The van der Waals surface area contributed by atoms with Crippen LogP contribution in [0.3, 0.4) is 0 Å². The van der Waals surface area contributed by atoms with Crippen LogP contribution in [0.4, 0.5) is 5.13 Å². The highest BCUT2D eigenvalue weighted by atomic mass is 79.9. The third-order valence-corrected chi connectivity index (χ3v) is 3.88. The van der Waals surface area contributed by atoms with E-state index in [2.05, 4.69) is 26.2 Å². The fraction of sp³-hybridized carbons (Fsp3) is 0.250. The van der Waals surface area contributed by atoms with E-state index >= 15 is 0 Å². The molecule has 1 N–H and O–H groups in total. The number of anilines is 1. The largest absolute Gasteiger partial charge is 0.493 e. The summed E-state index contributed by atoms with van der Waals surface area (Å²) in [6, 6.07) is 5.85. The van der Waals surface area contributed by atoms with Gasteiger partial charge in [-0.2, -0.15) is 0 Å². The molecule has 1 aromatic carbocycles. The molecule has 0 unspecified atom stereocenters. The Hall–Kier alpha value is -1.27. The molecule has 1 aromatic heterocycles. The molecule has 2 aromatic rings. The van der Waals surface area contributed by atoms with Crippen LogP contribution in [0, 0.1) is 0 Å². The van der Waals surface area contributed by atoms with Crippen LogP contribution in [-0.2, 0) is 6.54 Å². The predicted octanol–water partition coefficient (Wildman–Crippen LogP) is 3.53. The van der Waals surface area contributed by atoms with Gasteiger partial charge in [0.15, 0.2) is 16.6 Å². The van der Waals surface area contributed by atoms with E-state index in [0.29, 0.717) is 6.54 Å². The maximum atomic E-state index is 5.26. The van der Waals surface area contributed by atoms with Crippen molar-refractivity contribution in [3.8, 4) is 11.5 Å². The number of benzene rings is 1. The van der Waals surface area contributed by atoms with Crippen molar-refractivity contribution in [3.05, 3.63) is 33.7 Å². The zero-order valence-corrected chi connectivity index (χ0v) is 12.5. The van der Waals surface area contributed by atoms with Gasteiger partial charge in [-0.15, -0.1) is 11.3 Å². The summed E-state index contributed by atoms with van der Waals surface area (Å²) in [7, 11) is 3.26. The number of aromatic nitrogens is 1. The van der Waals surface area contributed by atoms with Crippen LogP contribution in [0.25, 0.3) is 0 Å². The van der Waals surface area contributed by atoms with Gasteiger partial charge < -0.3 is 14.8 Å². The molecule has 1 heterocycles. The second-order valence-corrected chi connectivity index (χ2v) is 5.19. The first-order valence-corrected chi connectivity index (χ1v) is 6.96. The van der Waals surface area contributed by atoms with E-state index in [0.717, 1.165) is 26.8 Å². The fourth-order valence-electron chi connectivity index (χ4n) is 1.50. The Morgan fingerprint density at radius 2 is 2.06 bits per heavy atom. The second-order valence-electron chi connectivity index (χ2n) is 3.52. The van der Waals surface area contributed by atoms with Gasteiger partial charge in [-0.3, -0.25) is 0 Å². The molecule has 96 valence electrons. The Morgan fingerprint density at radius 3 is 2.67 bits per heavy atom. The van der Waals surface area contributed by atoms with Gasteiger partial charge in [0.05, 0.1) is 14.2 Å². The van der Waals surface area contributed by atoms with E-state index in [-0.39, 0.29) is 0 Å². The van der Waals surface area contributed by atoms with Crippen molar-refractivity contribution >= 4 is 32.4 Å². The van der Waals surface area contributed by atoms with Crippen LogP contribution >= 0.6 is 27.3 Å². The summed E-state index contributed by atoms with van der Waals surface area (Å²) < 4.78 is 11.3. The lowest BCUT2D eigenvalue weighted by atomic mass is 10.2. The lowest BCUT2D eigenvalue weighted by molar-refractivity contribution is 0.354. The average molecular weight is 329 g/mol. The topological polar surface area (TPSA) is 43.4 Å². The quantitative estimate of drug-likeness (QED) is 0.911. The molecule has 0 saturated carbocycles. The van der Waals surface area contributed by atoms with E-state index in [1.165, 1.54) is 0 Å². The summed E-state index contributed by atoms with van der Waals surface area (Å²) in [5, 5.41) is 6.08. The number of nitrogens with one attached hydrogen (secondary N) is 1. The molecule has 6 heteroatoms. The summed E-state index contributed by atoms with van der Waals surface area (Å²) in [5.41, 5.74) is 1.11. The van der Waals surface area contributed by atoms with Crippen molar-refractivity contribution < 1.29 is 9.47 Å². The number of methoxy groups -OCH3 is 2. The molecule has 0 aliphatic rings. The monoisotopic (exact) mass is 328 g/mol.